The Bertz CT molecular complexity index is 602. The molecule has 0 radical (unpaired) electrons. The van der Waals surface area contributed by atoms with E-state index in [1.165, 1.54) is 6.92 Å². The molecule has 1 N–H and O–H groups in total. The number of halogens is 3. The van der Waals surface area contributed by atoms with Gasteiger partial charge in [0.05, 0.1) is 6.04 Å². The minimum atomic E-state index is -4.86. The van der Waals surface area contributed by atoms with Crippen LogP contribution in [0.5, 0.6) is 0 Å². The highest BCUT2D eigenvalue weighted by Crippen LogP contribution is 2.25. The number of rotatable bonds is 2. The second-order valence-electron chi connectivity index (χ2n) is 4.26. The molecule has 0 aliphatic rings. The van der Waals surface area contributed by atoms with Crippen molar-refractivity contribution < 1.29 is 18.0 Å². The van der Waals surface area contributed by atoms with Crippen molar-refractivity contribution in [1.82, 2.24) is 5.32 Å². The predicted octanol–water partition coefficient (Wildman–Crippen LogP) is 3.58. The first-order chi connectivity index (χ1) is 8.89. The van der Waals surface area contributed by atoms with Crippen LogP contribution in [-0.2, 0) is 4.79 Å². The Hall–Kier alpha value is -2.04. The van der Waals surface area contributed by atoms with Crippen molar-refractivity contribution in [3.63, 3.8) is 0 Å². The summed E-state index contributed by atoms with van der Waals surface area (Å²) in [5, 5.41) is 3.72. The lowest BCUT2D eigenvalue weighted by Crippen LogP contribution is -2.38. The van der Waals surface area contributed by atoms with Crippen LogP contribution in [0, 0.1) is 0 Å². The fourth-order valence-corrected chi connectivity index (χ4v) is 1.98. The van der Waals surface area contributed by atoms with Crippen LogP contribution in [-0.4, -0.2) is 12.1 Å². The Labute approximate surface area is 108 Å². The van der Waals surface area contributed by atoms with Crippen LogP contribution in [0.15, 0.2) is 42.5 Å². The number of amides is 1. The fraction of sp³-hybridized carbons (Fsp3) is 0.214. The molecule has 2 aromatic carbocycles. The average Bonchev–Trinajstić information content (AvgIpc) is 2.36. The van der Waals surface area contributed by atoms with Crippen molar-refractivity contribution in [3.8, 4) is 0 Å². The lowest BCUT2D eigenvalue weighted by atomic mass is 10.00. The Kier molecular flexibility index (Phi) is 3.46. The summed E-state index contributed by atoms with van der Waals surface area (Å²) in [5.41, 5.74) is 0.663. The van der Waals surface area contributed by atoms with Gasteiger partial charge in [-0.25, -0.2) is 0 Å². The lowest BCUT2D eigenvalue weighted by Gasteiger charge is -2.17. The van der Waals surface area contributed by atoms with E-state index in [0.717, 1.165) is 10.8 Å². The summed E-state index contributed by atoms with van der Waals surface area (Å²) in [6.45, 7) is 1.53. The van der Waals surface area contributed by atoms with E-state index in [1.807, 2.05) is 35.6 Å². The molecule has 2 aromatic rings. The van der Waals surface area contributed by atoms with E-state index in [-0.39, 0.29) is 0 Å². The quantitative estimate of drug-likeness (QED) is 0.885. The van der Waals surface area contributed by atoms with Gasteiger partial charge in [0.1, 0.15) is 0 Å². The maximum atomic E-state index is 12.2. The molecule has 2 rings (SSSR count). The summed E-state index contributed by atoms with van der Waals surface area (Å²) in [6, 6.07) is 12.0. The minimum Gasteiger partial charge on any atom is -0.342 e. The Balaban J connectivity index is 2.32. The maximum absolute atomic E-state index is 12.2. The normalized spacial score (nSPS) is 13.3. The van der Waals surface area contributed by atoms with Gasteiger partial charge in [0, 0.05) is 0 Å². The fourth-order valence-electron chi connectivity index (χ4n) is 1.98. The van der Waals surface area contributed by atoms with Crippen LogP contribution in [0.4, 0.5) is 13.2 Å². The summed E-state index contributed by atoms with van der Waals surface area (Å²) in [6.07, 6.45) is -4.86. The van der Waals surface area contributed by atoms with E-state index in [2.05, 4.69) is 0 Å². The summed E-state index contributed by atoms with van der Waals surface area (Å²) >= 11 is 0. The highest BCUT2D eigenvalue weighted by atomic mass is 19.4. The number of hydrogen-bond donors (Lipinski definition) is 1. The third-order valence-corrected chi connectivity index (χ3v) is 2.89. The maximum Gasteiger partial charge on any atom is 0.471 e. The number of benzene rings is 2. The van der Waals surface area contributed by atoms with Crippen LogP contribution in [0.2, 0.25) is 0 Å². The van der Waals surface area contributed by atoms with Crippen molar-refractivity contribution in [2.24, 2.45) is 0 Å². The van der Waals surface area contributed by atoms with E-state index < -0.39 is 18.1 Å². The van der Waals surface area contributed by atoms with Crippen LogP contribution < -0.4 is 5.32 Å². The minimum absolute atomic E-state index is 0.663. The molecular formula is C14H12F3NO. The topological polar surface area (TPSA) is 29.1 Å². The van der Waals surface area contributed by atoms with Crippen molar-refractivity contribution in [2.75, 3.05) is 0 Å². The van der Waals surface area contributed by atoms with Crippen molar-refractivity contribution in [1.29, 1.82) is 0 Å². The van der Waals surface area contributed by atoms with Crippen molar-refractivity contribution >= 4 is 16.7 Å². The molecule has 0 spiro atoms. The van der Waals surface area contributed by atoms with E-state index in [0.29, 0.717) is 5.56 Å². The van der Waals surface area contributed by atoms with E-state index in [9.17, 15) is 18.0 Å². The van der Waals surface area contributed by atoms with Gasteiger partial charge in [-0.2, -0.15) is 13.2 Å². The molecular weight excluding hydrogens is 255 g/mol. The Morgan fingerprint density at radius 1 is 1.11 bits per heavy atom. The monoisotopic (exact) mass is 267 g/mol. The first kappa shape index (κ1) is 13.4. The van der Waals surface area contributed by atoms with Crippen LogP contribution in [0.1, 0.15) is 18.5 Å². The summed E-state index contributed by atoms with van der Waals surface area (Å²) in [4.78, 5) is 10.9. The third-order valence-electron chi connectivity index (χ3n) is 2.89. The van der Waals surface area contributed by atoms with Gasteiger partial charge in [-0.05, 0) is 23.3 Å². The van der Waals surface area contributed by atoms with Gasteiger partial charge < -0.3 is 5.32 Å². The van der Waals surface area contributed by atoms with Gasteiger partial charge in [-0.15, -0.1) is 0 Å². The molecule has 0 heterocycles. The van der Waals surface area contributed by atoms with Crippen molar-refractivity contribution in [3.05, 3.63) is 48.0 Å². The predicted molar refractivity (Wildman–Crippen MR) is 66.6 cm³/mol. The molecule has 0 bridgehead atoms. The molecule has 0 saturated heterocycles. The molecule has 1 atom stereocenters. The second kappa shape index (κ2) is 4.91. The number of carbonyl (C=O) groups excluding carboxylic acids is 1. The SMILES string of the molecule is CC(NC(=O)C(F)(F)F)c1cccc2ccccc12. The smallest absolute Gasteiger partial charge is 0.342 e. The summed E-state index contributed by atoms with van der Waals surface area (Å²) in [5.74, 6) is -1.92. The van der Waals surface area contributed by atoms with Gasteiger partial charge >= 0.3 is 12.1 Å². The highest BCUT2D eigenvalue weighted by Gasteiger charge is 2.39. The van der Waals surface area contributed by atoms with Gasteiger partial charge in [0.15, 0.2) is 0 Å². The molecule has 0 saturated carbocycles. The number of hydrogen-bond acceptors (Lipinski definition) is 1. The van der Waals surface area contributed by atoms with Gasteiger partial charge in [-0.3, -0.25) is 4.79 Å². The molecule has 5 heteroatoms. The molecule has 0 aliphatic carbocycles. The average molecular weight is 267 g/mol. The molecule has 1 amide bonds. The summed E-state index contributed by atoms with van der Waals surface area (Å²) in [7, 11) is 0. The lowest BCUT2D eigenvalue weighted by molar-refractivity contribution is -0.174. The summed E-state index contributed by atoms with van der Waals surface area (Å²) < 4.78 is 36.7. The van der Waals surface area contributed by atoms with E-state index >= 15 is 0 Å². The first-order valence-corrected chi connectivity index (χ1v) is 5.75. The van der Waals surface area contributed by atoms with Gasteiger partial charge in [0.2, 0.25) is 0 Å². The van der Waals surface area contributed by atoms with Gasteiger partial charge in [0.25, 0.3) is 0 Å². The number of fused-ring (bicyclic) bond motifs is 1. The number of carbonyl (C=O) groups is 1. The largest absolute Gasteiger partial charge is 0.471 e. The van der Waals surface area contributed by atoms with E-state index in [1.54, 1.807) is 12.1 Å². The van der Waals surface area contributed by atoms with Crippen LogP contribution >= 0.6 is 0 Å². The van der Waals surface area contributed by atoms with E-state index in [4.69, 9.17) is 0 Å². The zero-order chi connectivity index (χ0) is 14.0. The molecule has 1 unspecified atom stereocenters. The van der Waals surface area contributed by atoms with Crippen molar-refractivity contribution in [2.45, 2.75) is 19.1 Å². The van der Waals surface area contributed by atoms with Gasteiger partial charge in [-0.1, -0.05) is 42.5 Å². The second-order valence-corrected chi connectivity index (χ2v) is 4.26. The molecule has 2 nitrogen and oxygen atoms in total. The molecule has 0 aliphatic heterocycles. The standard InChI is InChI=1S/C14H12F3NO/c1-9(18-13(19)14(15,16)17)11-8-4-6-10-5-2-3-7-12(10)11/h2-9H,1H3,(H,18,19). The molecule has 100 valence electrons. The zero-order valence-electron chi connectivity index (χ0n) is 10.2. The molecule has 0 fully saturated rings. The van der Waals surface area contributed by atoms with Crippen LogP contribution in [0.3, 0.4) is 0 Å². The Morgan fingerprint density at radius 2 is 1.74 bits per heavy atom. The third kappa shape index (κ3) is 2.86. The molecule has 19 heavy (non-hydrogen) atoms. The number of nitrogens with one attached hydrogen (secondary N) is 1. The molecule has 0 aromatic heterocycles. The Morgan fingerprint density at radius 3 is 2.42 bits per heavy atom. The highest BCUT2D eigenvalue weighted by molar-refractivity contribution is 5.87. The zero-order valence-corrected chi connectivity index (χ0v) is 10.2. The number of alkyl halides is 3. The van der Waals surface area contributed by atoms with Crippen LogP contribution in [0.25, 0.3) is 10.8 Å². The first-order valence-electron chi connectivity index (χ1n) is 5.75.